The molecule has 1 saturated carbocycles. The zero-order valence-corrected chi connectivity index (χ0v) is 13.5. The van der Waals surface area contributed by atoms with E-state index < -0.39 is 17.8 Å². The fourth-order valence-electron chi connectivity index (χ4n) is 2.95. The van der Waals surface area contributed by atoms with Crippen LogP contribution in [0.15, 0.2) is 47.8 Å². The SMILES string of the molecule is O=C(O)C1CCC1C(=O)NC(Cc1ccccc1)c1cccs1. The molecule has 4 nitrogen and oxygen atoms in total. The van der Waals surface area contributed by atoms with Crippen LogP contribution in [0.3, 0.4) is 0 Å². The molecule has 0 radical (unpaired) electrons. The van der Waals surface area contributed by atoms with Crippen molar-refractivity contribution < 1.29 is 14.7 Å². The maximum Gasteiger partial charge on any atom is 0.307 e. The van der Waals surface area contributed by atoms with Gasteiger partial charge in [-0.15, -0.1) is 11.3 Å². The molecule has 1 heterocycles. The van der Waals surface area contributed by atoms with Crippen LogP contribution < -0.4 is 5.32 Å². The summed E-state index contributed by atoms with van der Waals surface area (Å²) in [6.07, 6.45) is 1.96. The quantitative estimate of drug-likeness (QED) is 0.855. The van der Waals surface area contributed by atoms with Crippen LogP contribution in [0.1, 0.15) is 29.3 Å². The Morgan fingerprint density at radius 1 is 1.13 bits per heavy atom. The average molecular weight is 329 g/mol. The Morgan fingerprint density at radius 3 is 2.43 bits per heavy atom. The summed E-state index contributed by atoms with van der Waals surface area (Å²) in [6, 6.07) is 13.9. The highest BCUT2D eigenvalue weighted by atomic mass is 32.1. The van der Waals surface area contributed by atoms with Crippen molar-refractivity contribution in [3.8, 4) is 0 Å². The lowest BCUT2D eigenvalue weighted by Crippen LogP contribution is -2.45. The van der Waals surface area contributed by atoms with Gasteiger partial charge in [-0.05, 0) is 36.3 Å². The fraction of sp³-hybridized carbons (Fsp3) is 0.333. The van der Waals surface area contributed by atoms with Gasteiger partial charge in [0, 0.05) is 4.88 Å². The van der Waals surface area contributed by atoms with E-state index in [1.165, 1.54) is 0 Å². The van der Waals surface area contributed by atoms with Crippen LogP contribution in [0, 0.1) is 11.8 Å². The average Bonchev–Trinajstić information content (AvgIpc) is 3.00. The Balaban J connectivity index is 1.72. The first-order valence-electron chi connectivity index (χ1n) is 7.75. The van der Waals surface area contributed by atoms with Gasteiger partial charge in [-0.1, -0.05) is 36.4 Å². The topological polar surface area (TPSA) is 66.4 Å². The van der Waals surface area contributed by atoms with Crippen LogP contribution >= 0.6 is 11.3 Å². The molecular weight excluding hydrogens is 310 g/mol. The number of hydrogen-bond donors (Lipinski definition) is 2. The van der Waals surface area contributed by atoms with Crippen LogP contribution in [-0.4, -0.2) is 17.0 Å². The zero-order chi connectivity index (χ0) is 16.2. The number of carboxylic acids is 1. The summed E-state index contributed by atoms with van der Waals surface area (Å²) in [4.78, 5) is 24.7. The number of carboxylic acid groups (broad SMARTS) is 1. The Kier molecular flexibility index (Phi) is 4.76. The number of rotatable bonds is 6. The van der Waals surface area contributed by atoms with Crippen molar-refractivity contribution in [3.63, 3.8) is 0 Å². The number of thiophene rings is 1. The van der Waals surface area contributed by atoms with E-state index in [2.05, 4.69) is 5.32 Å². The standard InChI is InChI=1S/C18H19NO3S/c20-17(13-8-9-14(13)18(21)22)19-15(16-7-4-10-23-16)11-12-5-2-1-3-6-12/h1-7,10,13-15H,8-9,11H2,(H,19,20)(H,21,22). The van der Waals surface area contributed by atoms with Crippen molar-refractivity contribution in [1.82, 2.24) is 5.32 Å². The lowest BCUT2D eigenvalue weighted by atomic mass is 9.73. The Labute approximate surface area is 139 Å². The maximum atomic E-state index is 12.5. The van der Waals surface area contributed by atoms with Crippen molar-refractivity contribution in [2.45, 2.75) is 25.3 Å². The van der Waals surface area contributed by atoms with Gasteiger partial charge in [0.05, 0.1) is 17.9 Å². The first-order valence-corrected chi connectivity index (χ1v) is 8.63. The highest BCUT2D eigenvalue weighted by Crippen LogP contribution is 2.35. The van der Waals surface area contributed by atoms with Gasteiger partial charge < -0.3 is 10.4 Å². The number of carbonyl (C=O) groups excluding carboxylic acids is 1. The Morgan fingerprint density at radius 2 is 1.87 bits per heavy atom. The number of amides is 1. The highest BCUT2D eigenvalue weighted by Gasteiger charge is 2.41. The third kappa shape index (κ3) is 3.62. The van der Waals surface area contributed by atoms with Crippen molar-refractivity contribution in [1.29, 1.82) is 0 Å². The first kappa shape index (κ1) is 15.7. The van der Waals surface area contributed by atoms with E-state index >= 15 is 0 Å². The molecule has 1 aromatic carbocycles. The monoisotopic (exact) mass is 329 g/mol. The normalized spacial score (nSPS) is 21.2. The van der Waals surface area contributed by atoms with Crippen LogP contribution in [0.4, 0.5) is 0 Å². The summed E-state index contributed by atoms with van der Waals surface area (Å²) in [5.74, 6) is -1.94. The lowest BCUT2D eigenvalue weighted by Gasteiger charge is -2.33. The highest BCUT2D eigenvalue weighted by molar-refractivity contribution is 7.10. The third-order valence-electron chi connectivity index (χ3n) is 4.41. The van der Waals surface area contributed by atoms with Gasteiger partial charge in [-0.25, -0.2) is 0 Å². The number of benzene rings is 1. The number of carbonyl (C=O) groups is 2. The van der Waals surface area contributed by atoms with E-state index in [4.69, 9.17) is 5.11 Å². The molecule has 1 aromatic heterocycles. The molecule has 3 unspecified atom stereocenters. The molecule has 120 valence electrons. The van der Waals surface area contributed by atoms with Gasteiger partial charge in [-0.3, -0.25) is 9.59 Å². The molecule has 1 aliphatic rings. The van der Waals surface area contributed by atoms with Crippen molar-refractivity contribution in [2.24, 2.45) is 11.8 Å². The molecule has 0 aliphatic heterocycles. The molecule has 1 aliphatic carbocycles. The molecule has 23 heavy (non-hydrogen) atoms. The molecule has 3 rings (SSSR count). The van der Waals surface area contributed by atoms with E-state index in [1.807, 2.05) is 47.8 Å². The molecule has 0 bridgehead atoms. The maximum absolute atomic E-state index is 12.5. The molecule has 0 saturated heterocycles. The summed E-state index contributed by atoms with van der Waals surface area (Å²) in [5, 5.41) is 14.2. The summed E-state index contributed by atoms with van der Waals surface area (Å²) in [5.41, 5.74) is 1.15. The second kappa shape index (κ2) is 6.96. The van der Waals surface area contributed by atoms with Gasteiger partial charge >= 0.3 is 5.97 Å². The van der Waals surface area contributed by atoms with Crippen molar-refractivity contribution in [3.05, 3.63) is 58.3 Å². The van der Waals surface area contributed by atoms with Crippen LogP contribution in [-0.2, 0) is 16.0 Å². The second-order valence-corrected chi connectivity index (χ2v) is 6.87. The molecular formula is C18H19NO3S. The van der Waals surface area contributed by atoms with Gasteiger partial charge in [0.1, 0.15) is 0 Å². The van der Waals surface area contributed by atoms with Gasteiger partial charge in [0.2, 0.25) is 5.91 Å². The molecule has 2 aromatic rings. The van der Waals surface area contributed by atoms with Crippen LogP contribution in [0.2, 0.25) is 0 Å². The third-order valence-corrected chi connectivity index (χ3v) is 5.40. The summed E-state index contributed by atoms with van der Waals surface area (Å²) < 4.78 is 0. The van der Waals surface area contributed by atoms with Gasteiger partial charge in [0.25, 0.3) is 0 Å². The minimum absolute atomic E-state index is 0.111. The molecule has 1 fully saturated rings. The van der Waals surface area contributed by atoms with E-state index in [1.54, 1.807) is 11.3 Å². The van der Waals surface area contributed by atoms with E-state index in [-0.39, 0.29) is 11.9 Å². The summed E-state index contributed by atoms with van der Waals surface area (Å²) in [6.45, 7) is 0. The van der Waals surface area contributed by atoms with Crippen LogP contribution in [0.25, 0.3) is 0 Å². The second-order valence-electron chi connectivity index (χ2n) is 5.89. The molecule has 2 N–H and O–H groups in total. The molecule has 1 amide bonds. The fourth-order valence-corrected chi connectivity index (χ4v) is 3.73. The van der Waals surface area contributed by atoms with Crippen LogP contribution in [0.5, 0.6) is 0 Å². The van der Waals surface area contributed by atoms with Crippen molar-refractivity contribution >= 4 is 23.2 Å². The first-order chi connectivity index (χ1) is 11.1. The predicted molar refractivity (Wildman–Crippen MR) is 89.2 cm³/mol. The van der Waals surface area contributed by atoms with E-state index in [9.17, 15) is 9.59 Å². The van der Waals surface area contributed by atoms with Crippen molar-refractivity contribution in [2.75, 3.05) is 0 Å². The zero-order valence-electron chi connectivity index (χ0n) is 12.6. The predicted octanol–water partition coefficient (Wildman–Crippen LogP) is 3.26. The number of aliphatic carboxylic acids is 1. The smallest absolute Gasteiger partial charge is 0.307 e. The summed E-state index contributed by atoms with van der Waals surface area (Å²) >= 11 is 1.61. The largest absolute Gasteiger partial charge is 0.481 e. The summed E-state index contributed by atoms with van der Waals surface area (Å²) in [7, 11) is 0. The van der Waals surface area contributed by atoms with E-state index in [0.717, 1.165) is 10.4 Å². The minimum atomic E-state index is -0.868. The Bertz CT molecular complexity index is 669. The van der Waals surface area contributed by atoms with Gasteiger partial charge in [0.15, 0.2) is 0 Å². The lowest BCUT2D eigenvalue weighted by molar-refractivity contribution is -0.153. The van der Waals surface area contributed by atoms with E-state index in [0.29, 0.717) is 19.3 Å². The Hall–Kier alpha value is -2.14. The molecule has 0 spiro atoms. The van der Waals surface area contributed by atoms with Gasteiger partial charge in [-0.2, -0.15) is 0 Å². The number of nitrogens with one attached hydrogen (secondary N) is 1. The molecule has 3 atom stereocenters. The molecule has 5 heteroatoms. The minimum Gasteiger partial charge on any atom is -0.481 e. The number of hydrogen-bond acceptors (Lipinski definition) is 3.